The lowest BCUT2D eigenvalue weighted by molar-refractivity contribution is 0.0600. The molecule has 0 saturated carbocycles. The van der Waals surface area contributed by atoms with Crippen molar-refractivity contribution in [3.8, 4) is 0 Å². The number of ether oxygens (including phenoxy) is 1. The quantitative estimate of drug-likeness (QED) is 0.804. The van der Waals surface area contributed by atoms with Crippen molar-refractivity contribution in [3.05, 3.63) is 23.9 Å². The molecule has 2 heterocycles. The van der Waals surface area contributed by atoms with E-state index in [1.54, 1.807) is 18.3 Å². The molecular formula is C13H19N3O2. The highest BCUT2D eigenvalue weighted by atomic mass is 16.5. The number of carbonyl (C=O) groups is 1. The third-order valence-corrected chi connectivity index (χ3v) is 3.27. The molecule has 0 aromatic carbocycles. The topological polar surface area (TPSA) is 54.5 Å². The van der Waals surface area contributed by atoms with Gasteiger partial charge in [-0.2, -0.15) is 0 Å². The minimum atomic E-state index is -0.315. The number of hydrogen-bond donors (Lipinski definition) is 1. The first-order valence-corrected chi connectivity index (χ1v) is 6.18. The van der Waals surface area contributed by atoms with Gasteiger partial charge in [-0.25, -0.2) is 9.78 Å². The Labute approximate surface area is 107 Å². The highest BCUT2D eigenvalue weighted by Gasteiger charge is 2.23. The molecule has 0 bridgehead atoms. The Bertz CT molecular complexity index is 422. The van der Waals surface area contributed by atoms with E-state index in [0.717, 1.165) is 31.9 Å². The maximum atomic E-state index is 11.5. The van der Waals surface area contributed by atoms with E-state index in [0.29, 0.717) is 11.5 Å². The van der Waals surface area contributed by atoms with Crippen molar-refractivity contribution >= 4 is 11.8 Å². The van der Waals surface area contributed by atoms with Gasteiger partial charge >= 0.3 is 5.97 Å². The molecule has 1 fully saturated rings. The van der Waals surface area contributed by atoms with Crippen LogP contribution in [0.15, 0.2) is 18.3 Å². The first-order chi connectivity index (χ1) is 8.74. The minimum Gasteiger partial charge on any atom is -0.465 e. The Kier molecular flexibility index (Phi) is 4.15. The number of aromatic nitrogens is 1. The molecule has 2 rings (SSSR count). The molecule has 0 amide bonds. The number of rotatable bonds is 4. The number of methoxy groups -OCH3 is 1. The Hall–Kier alpha value is -1.62. The zero-order chi connectivity index (χ0) is 13.0. The minimum absolute atomic E-state index is 0.315. The number of esters is 1. The molecule has 1 saturated heterocycles. The molecule has 1 aliphatic heterocycles. The lowest BCUT2D eigenvalue weighted by atomic mass is 10.1. The fraction of sp³-hybridized carbons (Fsp3) is 0.538. The van der Waals surface area contributed by atoms with E-state index in [1.165, 1.54) is 7.11 Å². The van der Waals surface area contributed by atoms with E-state index in [-0.39, 0.29) is 5.97 Å². The van der Waals surface area contributed by atoms with E-state index < -0.39 is 0 Å². The van der Waals surface area contributed by atoms with Crippen molar-refractivity contribution in [3.63, 3.8) is 0 Å². The van der Waals surface area contributed by atoms with Gasteiger partial charge in [0.25, 0.3) is 0 Å². The second kappa shape index (κ2) is 5.82. The highest BCUT2D eigenvalue weighted by molar-refractivity contribution is 5.90. The van der Waals surface area contributed by atoms with Crippen LogP contribution < -0.4 is 10.2 Å². The summed E-state index contributed by atoms with van der Waals surface area (Å²) in [5.74, 6) is 1.19. The van der Waals surface area contributed by atoms with Crippen LogP contribution in [0.2, 0.25) is 0 Å². The van der Waals surface area contributed by atoms with E-state index in [9.17, 15) is 4.79 Å². The zero-order valence-electron chi connectivity index (χ0n) is 10.8. The first kappa shape index (κ1) is 12.8. The van der Waals surface area contributed by atoms with Gasteiger partial charge < -0.3 is 15.0 Å². The van der Waals surface area contributed by atoms with Gasteiger partial charge in [0.1, 0.15) is 5.82 Å². The third-order valence-electron chi connectivity index (χ3n) is 3.27. The fourth-order valence-electron chi connectivity index (χ4n) is 2.33. The summed E-state index contributed by atoms with van der Waals surface area (Å²) in [6, 6.07) is 3.48. The number of nitrogens with one attached hydrogen (secondary N) is 1. The molecule has 1 aromatic rings. The third kappa shape index (κ3) is 2.79. The molecule has 0 spiro atoms. The number of hydrogen-bond acceptors (Lipinski definition) is 5. The smallest absolute Gasteiger partial charge is 0.338 e. The van der Waals surface area contributed by atoms with Gasteiger partial charge in [0.2, 0.25) is 0 Å². The van der Waals surface area contributed by atoms with Gasteiger partial charge in [0.05, 0.1) is 12.7 Å². The van der Waals surface area contributed by atoms with E-state index >= 15 is 0 Å². The van der Waals surface area contributed by atoms with E-state index in [1.807, 2.05) is 7.05 Å². The predicted octanol–water partition coefficient (Wildman–Crippen LogP) is 0.914. The van der Waals surface area contributed by atoms with Crippen molar-refractivity contribution in [2.24, 2.45) is 5.92 Å². The van der Waals surface area contributed by atoms with Crippen LogP contribution in [0.25, 0.3) is 0 Å². The Morgan fingerprint density at radius 3 is 3.22 bits per heavy atom. The molecule has 18 heavy (non-hydrogen) atoms. The molecule has 98 valence electrons. The Morgan fingerprint density at radius 2 is 2.50 bits per heavy atom. The van der Waals surface area contributed by atoms with Crippen LogP contribution in [-0.2, 0) is 4.74 Å². The zero-order valence-corrected chi connectivity index (χ0v) is 10.8. The summed E-state index contributed by atoms with van der Waals surface area (Å²) < 4.78 is 4.72. The van der Waals surface area contributed by atoms with E-state index in [4.69, 9.17) is 4.74 Å². The molecule has 5 heteroatoms. The lowest BCUT2D eigenvalue weighted by Gasteiger charge is -2.17. The van der Waals surface area contributed by atoms with E-state index in [2.05, 4.69) is 15.2 Å². The predicted molar refractivity (Wildman–Crippen MR) is 69.8 cm³/mol. The second-order valence-electron chi connectivity index (χ2n) is 4.55. The summed E-state index contributed by atoms with van der Waals surface area (Å²) in [5.41, 5.74) is 0.555. The molecule has 1 unspecified atom stereocenters. The van der Waals surface area contributed by atoms with Gasteiger partial charge in [0.15, 0.2) is 0 Å². The molecule has 1 aliphatic rings. The van der Waals surface area contributed by atoms with Crippen molar-refractivity contribution in [1.82, 2.24) is 10.3 Å². The lowest BCUT2D eigenvalue weighted by Crippen LogP contribution is -2.25. The normalized spacial score (nSPS) is 19.0. The van der Waals surface area contributed by atoms with Gasteiger partial charge in [-0.05, 0) is 38.1 Å². The maximum Gasteiger partial charge on any atom is 0.338 e. The van der Waals surface area contributed by atoms with Crippen LogP contribution in [0.4, 0.5) is 5.82 Å². The van der Waals surface area contributed by atoms with Gasteiger partial charge in [-0.3, -0.25) is 0 Å². The summed E-state index contributed by atoms with van der Waals surface area (Å²) in [5, 5.41) is 3.20. The fourth-order valence-corrected chi connectivity index (χ4v) is 2.33. The number of carbonyl (C=O) groups excluding carboxylic acids is 1. The summed E-state index contributed by atoms with van der Waals surface area (Å²) in [6.45, 7) is 3.00. The average molecular weight is 249 g/mol. The SMILES string of the molecule is CNCC1CCN(c2cc(C(=O)OC)ccn2)C1. The Morgan fingerprint density at radius 1 is 1.67 bits per heavy atom. The summed E-state index contributed by atoms with van der Waals surface area (Å²) in [7, 11) is 3.36. The second-order valence-corrected chi connectivity index (χ2v) is 4.55. The van der Waals surface area contributed by atoms with Crippen molar-refractivity contribution in [2.45, 2.75) is 6.42 Å². The van der Waals surface area contributed by atoms with Crippen LogP contribution >= 0.6 is 0 Å². The molecule has 5 nitrogen and oxygen atoms in total. The summed E-state index contributed by atoms with van der Waals surface area (Å²) in [4.78, 5) is 18.0. The molecule has 0 aliphatic carbocycles. The van der Waals surface area contributed by atoms with Crippen LogP contribution in [-0.4, -0.2) is 44.7 Å². The van der Waals surface area contributed by atoms with Crippen molar-refractivity contribution < 1.29 is 9.53 Å². The van der Waals surface area contributed by atoms with Crippen LogP contribution in [0.3, 0.4) is 0 Å². The van der Waals surface area contributed by atoms with Crippen molar-refractivity contribution in [2.75, 3.05) is 38.7 Å². The van der Waals surface area contributed by atoms with Crippen LogP contribution in [0, 0.1) is 5.92 Å². The molecule has 1 N–H and O–H groups in total. The Balaban J connectivity index is 2.08. The van der Waals surface area contributed by atoms with Gasteiger partial charge in [0, 0.05) is 19.3 Å². The number of anilines is 1. The largest absolute Gasteiger partial charge is 0.465 e. The molecule has 0 radical (unpaired) electrons. The summed E-state index contributed by atoms with van der Waals surface area (Å²) in [6.07, 6.45) is 2.82. The molecule has 1 atom stereocenters. The number of pyridine rings is 1. The van der Waals surface area contributed by atoms with Crippen LogP contribution in [0.1, 0.15) is 16.8 Å². The van der Waals surface area contributed by atoms with Gasteiger partial charge in [-0.15, -0.1) is 0 Å². The number of nitrogens with zero attached hydrogens (tertiary/aromatic N) is 2. The molecule has 1 aromatic heterocycles. The van der Waals surface area contributed by atoms with Crippen LogP contribution in [0.5, 0.6) is 0 Å². The van der Waals surface area contributed by atoms with Crippen molar-refractivity contribution in [1.29, 1.82) is 0 Å². The monoisotopic (exact) mass is 249 g/mol. The maximum absolute atomic E-state index is 11.5. The first-order valence-electron chi connectivity index (χ1n) is 6.18. The summed E-state index contributed by atoms with van der Waals surface area (Å²) >= 11 is 0. The average Bonchev–Trinajstić information content (AvgIpc) is 2.87. The highest BCUT2D eigenvalue weighted by Crippen LogP contribution is 2.22. The van der Waals surface area contributed by atoms with Gasteiger partial charge in [-0.1, -0.05) is 0 Å². The molecular weight excluding hydrogens is 230 g/mol. The standard InChI is InChI=1S/C13H19N3O2/c1-14-8-10-4-6-16(9-10)12-7-11(3-5-15-12)13(17)18-2/h3,5,7,10,14H,4,6,8-9H2,1-2H3.